The number of rotatable bonds is 8. The molecule has 0 fully saturated rings. The van der Waals surface area contributed by atoms with Gasteiger partial charge in [-0.15, -0.1) is 0 Å². The van der Waals surface area contributed by atoms with Crippen molar-refractivity contribution in [2.45, 2.75) is 60.4 Å². The molecule has 1 unspecified atom stereocenters. The van der Waals surface area contributed by atoms with Gasteiger partial charge in [0.1, 0.15) is 5.82 Å². The summed E-state index contributed by atoms with van der Waals surface area (Å²) in [6, 6.07) is 2.88. The highest BCUT2D eigenvalue weighted by atomic mass is 19.1. The fraction of sp³-hybridized carbons (Fsp3) is 0.632. The maximum absolute atomic E-state index is 13.5. The Balaban J connectivity index is 3.13. The Morgan fingerprint density at radius 2 is 1.57 bits per heavy atom. The predicted molar refractivity (Wildman–Crippen MR) is 95.1 cm³/mol. The standard InChI is InChI=1S/C19H31FN2O/c1-7-11-17(22(8-2,9-3)10-4)19(23)21-18-14(5)12-16(20)13-15(18)6/h12-13,17H,7-11H2,1-6H3/p+1. The first-order chi connectivity index (χ1) is 10.8. The minimum absolute atomic E-state index is 0.0511. The zero-order chi connectivity index (χ0) is 17.6. The van der Waals surface area contributed by atoms with E-state index in [-0.39, 0.29) is 17.8 Å². The number of aryl methyl sites for hydroxylation is 2. The maximum Gasteiger partial charge on any atom is 0.282 e. The minimum atomic E-state index is -0.260. The Morgan fingerprint density at radius 3 is 1.96 bits per heavy atom. The van der Waals surface area contributed by atoms with E-state index in [1.54, 1.807) is 0 Å². The Kier molecular flexibility index (Phi) is 7.20. The third-order valence-electron chi connectivity index (χ3n) is 5.16. The number of amides is 1. The molecular weight excluding hydrogens is 291 g/mol. The van der Waals surface area contributed by atoms with Crippen LogP contribution in [0.3, 0.4) is 0 Å². The van der Waals surface area contributed by atoms with Gasteiger partial charge >= 0.3 is 0 Å². The van der Waals surface area contributed by atoms with Crippen LogP contribution in [0.2, 0.25) is 0 Å². The molecule has 0 saturated carbocycles. The van der Waals surface area contributed by atoms with Crippen LogP contribution in [0.15, 0.2) is 12.1 Å². The number of benzene rings is 1. The molecule has 4 heteroatoms. The van der Waals surface area contributed by atoms with Gasteiger partial charge in [0.2, 0.25) is 0 Å². The zero-order valence-electron chi connectivity index (χ0n) is 15.5. The van der Waals surface area contributed by atoms with Crippen LogP contribution in [0.25, 0.3) is 0 Å². The van der Waals surface area contributed by atoms with Crippen LogP contribution in [0.5, 0.6) is 0 Å². The number of likely N-dealkylation sites (N-methyl/N-ethyl adjacent to an activating group) is 1. The molecule has 0 aliphatic carbocycles. The van der Waals surface area contributed by atoms with Crippen LogP contribution < -0.4 is 5.32 Å². The molecule has 1 rings (SSSR count). The van der Waals surface area contributed by atoms with Crippen LogP contribution in [0, 0.1) is 19.7 Å². The molecule has 0 aliphatic rings. The van der Waals surface area contributed by atoms with E-state index in [0.717, 1.165) is 53.8 Å². The van der Waals surface area contributed by atoms with E-state index < -0.39 is 0 Å². The van der Waals surface area contributed by atoms with Crippen molar-refractivity contribution < 1.29 is 13.7 Å². The summed E-state index contributed by atoms with van der Waals surface area (Å²) in [4.78, 5) is 13.0. The number of quaternary nitrogens is 1. The Hall–Kier alpha value is -1.42. The van der Waals surface area contributed by atoms with Crippen molar-refractivity contribution >= 4 is 11.6 Å². The molecule has 0 saturated heterocycles. The molecule has 23 heavy (non-hydrogen) atoms. The number of carbonyl (C=O) groups is 1. The zero-order valence-corrected chi connectivity index (χ0v) is 15.5. The van der Waals surface area contributed by atoms with Crippen molar-refractivity contribution in [3.05, 3.63) is 29.1 Å². The van der Waals surface area contributed by atoms with Crippen LogP contribution in [0.4, 0.5) is 10.1 Å². The van der Waals surface area contributed by atoms with Crippen molar-refractivity contribution in [1.29, 1.82) is 0 Å². The molecule has 1 atom stereocenters. The third kappa shape index (κ3) is 4.31. The van der Waals surface area contributed by atoms with Crippen molar-refractivity contribution in [3.8, 4) is 0 Å². The summed E-state index contributed by atoms with van der Waals surface area (Å²) in [6.07, 6.45) is 1.83. The SMILES string of the molecule is CCCC(C(=O)Nc1c(C)cc(F)cc1C)[N+](CC)(CC)CC. The highest BCUT2D eigenvalue weighted by molar-refractivity contribution is 5.95. The minimum Gasteiger partial charge on any atom is -0.320 e. The number of halogens is 1. The molecule has 0 heterocycles. The highest BCUT2D eigenvalue weighted by Crippen LogP contribution is 2.25. The molecule has 1 amide bonds. The molecule has 1 aromatic carbocycles. The van der Waals surface area contributed by atoms with Gasteiger partial charge in [-0.25, -0.2) is 4.39 Å². The quantitative estimate of drug-likeness (QED) is 0.705. The molecule has 0 aliphatic heterocycles. The van der Waals surface area contributed by atoms with Crippen molar-refractivity contribution in [1.82, 2.24) is 0 Å². The lowest BCUT2D eigenvalue weighted by Gasteiger charge is -2.42. The first-order valence-electron chi connectivity index (χ1n) is 8.78. The number of carbonyl (C=O) groups excluding carboxylic acids is 1. The van der Waals surface area contributed by atoms with E-state index in [2.05, 4.69) is 33.0 Å². The second-order valence-electron chi connectivity index (χ2n) is 6.38. The molecule has 130 valence electrons. The molecule has 0 aromatic heterocycles. The van der Waals surface area contributed by atoms with E-state index in [0.29, 0.717) is 0 Å². The molecule has 0 bridgehead atoms. The summed E-state index contributed by atoms with van der Waals surface area (Å²) in [5.41, 5.74) is 2.29. The Bertz CT molecular complexity index is 507. The van der Waals surface area contributed by atoms with Gasteiger partial charge in [0, 0.05) is 12.1 Å². The van der Waals surface area contributed by atoms with Gasteiger partial charge in [0.05, 0.1) is 19.6 Å². The molecule has 1 N–H and O–H groups in total. The Labute approximate surface area is 140 Å². The number of nitrogens with one attached hydrogen (secondary N) is 1. The summed E-state index contributed by atoms with van der Waals surface area (Å²) < 4.78 is 14.3. The monoisotopic (exact) mass is 323 g/mol. The maximum atomic E-state index is 13.5. The first kappa shape index (κ1) is 19.6. The predicted octanol–water partition coefficient (Wildman–Crippen LogP) is 4.43. The number of anilines is 1. The second-order valence-corrected chi connectivity index (χ2v) is 6.38. The van der Waals surface area contributed by atoms with Crippen LogP contribution >= 0.6 is 0 Å². The summed E-state index contributed by atoms with van der Waals surface area (Å²) >= 11 is 0. The molecule has 0 spiro atoms. The lowest BCUT2D eigenvalue weighted by atomic mass is 10.0. The topological polar surface area (TPSA) is 29.1 Å². The summed E-state index contributed by atoms with van der Waals surface area (Å²) in [7, 11) is 0. The fourth-order valence-electron chi connectivity index (χ4n) is 3.57. The van der Waals surface area contributed by atoms with E-state index in [4.69, 9.17) is 0 Å². The lowest BCUT2D eigenvalue weighted by Crippen LogP contribution is -2.59. The summed E-state index contributed by atoms with van der Waals surface area (Å²) in [6.45, 7) is 15.0. The third-order valence-corrected chi connectivity index (χ3v) is 5.16. The molecule has 1 aromatic rings. The van der Waals surface area contributed by atoms with Crippen molar-refractivity contribution in [2.24, 2.45) is 0 Å². The highest BCUT2D eigenvalue weighted by Gasteiger charge is 2.37. The van der Waals surface area contributed by atoms with Gasteiger partial charge in [-0.3, -0.25) is 4.79 Å². The van der Waals surface area contributed by atoms with Crippen LogP contribution in [0.1, 0.15) is 51.7 Å². The molecule has 0 radical (unpaired) electrons. The Morgan fingerprint density at radius 1 is 1.09 bits per heavy atom. The number of nitrogens with zero attached hydrogens (tertiary/aromatic N) is 1. The van der Waals surface area contributed by atoms with Crippen molar-refractivity contribution in [2.75, 3.05) is 25.0 Å². The van der Waals surface area contributed by atoms with Crippen LogP contribution in [-0.4, -0.2) is 36.1 Å². The summed E-state index contributed by atoms with van der Waals surface area (Å²) in [5.74, 6) is -0.209. The number of hydrogen-bond donors (Lipinski definition) is 1. The van der Waals surface area contributed by atoms with Crippen molar-refractivity contribution in [3.63, 3.8) is 0 Å². The van der Waals surface area contributed by atoms with Gasteiger partial charge in [-0.05, 0) is 64.3 Å². The van der Waals surface area contributed by atoms with Gasteiger partial charge in [0.15, 0.2) is 6.04 Å². The average molecular weight is 323 g/mol. The smallest absolute Gasteiger partial charge is 0.282 e. The lowest BCUT2D eigenvalue weighted by molar-refractivity contribution is -0.938. The van der Waals surface area contributed by atoms with Gasteiger partial charge in [-0.2, -0.15) is 0 Å². The average Bonchev–Trinajstić information content (AvgIpc) is 2.51. The number of hydrogen-bond acceptors (Lipinski definition) is 1. The first-order valence-corrected chi connectivity index (χ1v) is 8.78. The van der Waals surface area contributed by atoms with Gasteiger partial charge < -0.3 is 9.80 Å². The normalized spacial score (nSPS) is 13.0. The van der Waals surface area contributed by atoms with E-state index in [1.165, 1.54) is 12.1 Å². The molecular formula is C19H32FN2O+. The van der Waals surface area contributed by atoms with Gasteiger partial charge in [0.25, 0.3) is 5.91 Å². The summed E-state index contributed by atoms with van der Waals surface area (Å²) in [5, 5.41) is 3.08. The molecule has 3 nitrogen and oxygen atoms in total. The second kappa shape index (κ2) is 8.44. The van der Waals surface area contributed by atoms with Gasteiger partial charge in [-0.1, -0.05) is 6.92 Å². The van der Waals surface area contributed by atoms with E-state index in [9.17, 15) is 9.18 Å². The largest absolute Gasteiger partial charge is 0.320 e. The fourth-order valence-corrected chi connectivity index (χ4v) is 3.57. The van der Waals surface area contributed by atoms with Crippen LogP contribution in [-0.2, 0) is 4.79 Å². The van der Waals surface area contributed by atoms with E-state index in [1.807, 2.05) is 13.8 Å². The van der Waals surface area contributed by atoms with E-state index >= 15 is 0 Å².